The van der Waals surface area contributed by atoms with E-state index < -0.39 is 5.72 Å². The zero-order valence-electron chi connectivity index (χ0n) is 15.4. The first-order valence-electron chi connectivity index (χ1n) is 9.65. The van der Waals surface area contributed by atoms with E-state index in [0.717, 1.165) is 44.9 Å². The summed E-state index contributed by atoms with van der Waals surface area (Å²) in [6, 6.07) is 7.36. The average Bonchev–Trinajstić information content (AvgIpc) is 2.64. The number of ether oxygens (including phenoxy) is 1. The second-order valence-corrected chi connectivity index (χ2v) is 7.89. The Bertz CT molecular complexity index is 689. The van der Waals surface area contributed by atoms with E-state index in [4.69, 9.17) is 4.74 Å². The van der Waals surface area contributed by atoms with Crippen LogP contribution in [0.4, 0.5) is 0 Å². The monoisotopic (exact) mass is 357 g/mol. The maximum Gasteiger partial charge on any atom is 0.258 e. The van der Waals surface area contributed by atoms with Gasteiger partial charge < -0.3 is 15.0 Å². The smallest absolute Gasteiger partial charge is 0.258 e. The summed E-state index contributed by atoms with van der Waals surface area (Å²) in [6.07, 6.45) is 3.59. The van der Waals surface area contributed by atoms with E-state index in [0.29, 0.717) is 30.7 Å². The van der Waals surface area contributed by atoms with Gasteiger partial charge in [-0.3, -0.25) is 14.5 Å². The van der Waals surface area contributed by atoms with Gasteiger partial charge in [0.05, 0.1) is 12.1 Å². The molecule has 3 aliphatic heterocycles. The largest absolute Gasteiger partial charge is 0.467 e. The number of hydrogen-bond donors (Lipinski definition) is 1. The van der Waals surface area contributed by atoms with Gasteiger partial charge in [-0.2, -0.15) is 0 Å². The highest BCUT2D eigenvalue weighted by atomic mass is 16.5. The summed E-state index contributed by atoms with van der Waals surface area (Å²) >= 11 is 0. The molecule has 6 nitrogen and oxygen atoms in total. The molecule has 0 unspecified atom stereocenters. The van der Waals surface area contributed by atoms with Crippen LogP contribution in [-0.4, -0.2) is 60.1 Å². The van der Waals surface area contributed by atoms with Gasteiger partial charge in [0.2, 0.25) is 5.91 Å². The normalized spacial score (nSPS) is 23.3. The van der Waals surface area contributed by atoms with E-state index in [1.807, 2.05) is 23.1 Å². The van der Waals surface area contributed by atoms with Crippen LogP contribution in [0.5, 0.6) is 5.75 Å². The average molecular weight is 357 g/mol. The molecule has 0 atom stereocenters. The number of nitrogens with zero attached hydrogens (tertiary/aromatic N) is 2. The Morgan fingerprint density at radius 2 is 1.88 bits per heavy atom. The Morgan fingerprint density at radius 3 is 2.62 bits per heavy atom. The second kappa shape index (κ2) is 6.91. The van der Waals surface area contributed by atoms with Crippen molar-refractivity contribution in [3.8, 4) is 5.75 Å². The summed E-state index contributed by atoms with van der Waals surface area (Å²) in [4.78, 5) is 29.1. The molecule has 0 saturated carbocycles. The van der Waals surface area contributed by atoms with Crippen molar-refractivity contribution in [3.63, 3.8) is 0 Å². The number of benzene rings is 1. The number of hydrogen-bond acceptors (Lipinski definition) is 4. The predicted molar refractivity (Wildman–Crippen MR) is 97.9 cm³/mol. The second-order valence-electron chi connectivity index (χ2n) is 7.89. The van der Waals surface area contributed by atoms with Crippen LogP contribution in [0.15, 0.2) is 24.3 Å². The number of piperidine rings is 2. The molecule has 0 radical (unpaired) electrons. The predicted octanol–water partition coefficient (Wildman–Crippen LogP) is 1.86. The Morgan fingerprint density at radius 1 is 1.19 bits per heavy atom. The fourth-order valence-electron chi connectivity index (χ4n) is 4.10. The van der Waals surface area contributed by atoms with Crippen LogP contribution in [0.2, 0.25) is 0 Å². The third-order valence-corrected chi connectivity index (χ3v) is 5.94. The molecule has 1 spiro atoms. The SMILES string of the molecule is CC1CCN(C(=O)CN2CCC3(CC2)NC(=O)c2ccccc2O3)CC1. The van der Waals surface area contributed by atoms with Gasteiger partial charge in [0.15, 0.2) is 5.72 Å². The molecule has 0 aliphatic carbocycles. The van der Waals surface area contributed by atoms with Gasteiger partial charge >= 0.3 is 0 Å². The number of fused-ring (bicyclic) bond motifs is 1. The quantitative estimate of drug-likeness (QED) is 0.878. The third kappa shape index (κ3) is 3.43. The van der Waals surface area contributed by atoms with Gasteiger partial charge in [-0.25, -0.2) is 0 Å². The molecule has 0 aromatic heterocycles. The lowest BCUT2D eigenvalue weighted by molar-refractivity contribution is -0.135. The number of nitrogens with one attached hydrogen (secondary N) is 1. The van der Waals surface area contributed by atoms with Crippen molar-refractivity contribution in [2.75, 3.05) is 32.7 Å². The zero-order valence-corrected chi connectivity index (χ0v) is 15.4. The highest BCUT2D eigenvalue weighted by Gasteiger charge is 2.42. The molecule has 1 aromatic rings. The number of carbonyl (C=O) groups excluding carboxylic acids is 2. The van der Waals surface area contributed by atoms with Crippen LogP contribution in [0.3, 0.4) is 0 Å². The molecule has 1 aromatic carbocycles. The molecule has 26 heavy (non-hydrogen) atoms. The van der Waals surface area contributed by atoms with Crippen LogP contribution < -0.4 is 10.1 Å². The molecule has 2 amide bonds. The molecule has 140 valence electrons. The lowest BCUT2D eigenvalue weighted by Crippen LogP contribution is -2.61. The van der Waals surface area contributed by atoms with Crippen molar-refractivity contribution in [2.24, 2.45) is 5.92 Å². The molecular formula is C20H27N3O3. The maximum absolute atomic E-state index is 12.5. The minimum absolute atomic E-state index is 0.0705. The molecule has 4 rings (SSSR count). The summed E-state index contributed by atoms with van der Waals surface area (Å²) in [5.41, 5.74) is -0.0407. The van der Waals surface area contributed by atoms with Crippen molar-refractivity contribution in [3.05, 3.63) is 29.8 Å². The van der Waals surface area contributed by atoms with Crippen LogP contribution in [-0.2, 0) is 4.79 Å². The molecule has 3 heterocycles. The summed E-state index contributed by atoms with van der Waals surface area (Å²) in [5.74, 6) is 1.54. The maximum atomic E-state index is 12.5. The summed E-state index contributed by atoms with van der Waals surface area (Å²) in [6.45, 7) is 5.98. The van der Waals surface area contributed by atoms with Crippen molar-refractivity contribution in [1.82, 2.24) is 15.1 Å². The minimum atomic E-state index is -0.633. The first-order chi connectivity index (χ1) is 12.5. The van der Waals surface area contributed by atoms with Gasteiger partial charge in [-0.15, -0.1) is 0 Å². The van der Waals surface area contributed by atoms with E-state index in [-0.39, 0.29) is 11.8 Å². The molecule has 3 aliphatic rings. The highest BCUT2D eigenvalue weighted by Crippen LogP contribution is 2.33. The minimum Gasteiger partial charge on any atom is -0.467 e. The first kappa shape index (κ1) is 17.3. The summed E-state index contributed by atoms with van der Waals surface area (Å²) in [7, 11) is 0. The Kier molecular flexibility index (Phi) is 4.61. The van der Waals surface area contributed by atoms with E-state index in [1.54, 1.807) is 6.07 Å². The lowest BCUT2D eigenvalue weighted by Gasteiger charge is -2.44. The molecule has 2 saturated heterocycles. The van der Waals surface area contributed by atoms with Crippen LogP contribution in [0, 0.1) is 5.92 Å². The van der Waals surface area contributed by atoms with Crippen LogP contribution in [0.1, 0.15) is 43.0 Å². The van der Waals surface area contributed by atoms with E-state index in [9.17, 15) is 9.59 Å². The third-order valence-electron chi connectivity index (χ3n) is 5.94. The summed E-state index contributed by atoms with van der Waals surface area (Å²) < 4.78 is 6.16. The molecule has 0 bridgehead atoms. The number of carbonyl (C=O) groups is 2. The lowest BCUT2D eigenvalue weighted by atomic mass is 9.96. The molecule has 6 heteroatoms. The zero-order chi connectivity index (χ0) is 18.1. The number of amides is 2. The molecule has 1 N–H and O–H groups in total. The fourth-order valence-corrected chi connectivity index (χ4v) is 4.10. The molecular weight excluding hydrogens is 330 g/mol. The Hall–Kier alpha value is -2.08. The standard InChI is InChI=1S/C20H27N3O3/c1-15-6-10-23(11-7-15)18(24)14-22-12-8-20(9-13-22)21-19(25)16-4-2-3-5-17(16)26-20/h2-5,15H,6-14H2,1H3,(H,21,25). The van der Waals surface area contributed by atoms with Crippen molar-refractivity contribution < 1.29 is 14.3 Å². The summed E-state index contributed by atoms with van der Waals surface area (Å²) in [5, 5.41) is 3.05. The fraction of sp³-hybridized carbons (Fsp3) is 0.600. The van der Waals surface area contributed by atoms with Crippen LogP contribution in [0.25, 0.3) is 0 Å². The van der Waals surface area contributed by atoms with Gasteiger partial charge in [-0.05, 0) is 30.9 Å². The van der Waals surface area contributed by atoms with Crippen molar-refractivity contribution in [1.29, 1.82) is 0 Å². The van der Waals surface area contributed by atoms with E-state index in [2.05, 4.69) is 17.1 Å². The molecule has 2 fully saturated rings. The van der Waals surface area contributed by atoms with Gasteiger partial charge in [0.1, 0.15) is 5.75 Å². The van der Waals surface area contributed by atoms with Gasteiger partial charge in [0.25, 0.3) is 5.91 Å². The first-order valence-corrected chi connectivity index (χ1v) is 9.65. The van der Waals surface area contributed by atoms with Crippen molar-refractivity contribution >= 4 is 11.8 Å². The van der Waals surface area contributed by atoms with E-state index in [1.165, 1.54) is 0 Å². The van der Waals surface area contributed by atoms with Crippen LogP contribution >= 0.6 is 0 Å². The number of rotatable bonds is 2. The Balaban J connectivity index is 1.33. The Labute approximate surface area is 154 Å². The number of para-hydroxylation sites is 1. The van der Waals surface area contributed by atoms with Gasteiger partial charge in [-0.1, -0.05) is 19.1 Å². The van der Waals surface area contributed by atoms with Gasteiger partial charge in [0, 0.05) is 39.0 Å². The topological polar surface area (TPSA) is 61.9 Å². The number of likely N-dealkylation sites (tertiary alicyclic amines) is 2. The highest BCUT2D eigenvalue weighted by molar-refractivity contribution is 5.98. The van der Waals surface area contributed by atoms with Crippen molar-refractivity contribution in [2.45, 2.75) is 38.3 Å². The van der Waals surface area contributed by atoms with E-state index >= 15 is 0 Å².